The number of benzene rings is 2. The number of nitrogens with zero attached hydrogens (tertiary/aromatic N) is 2. The Morgan fingerprint density at radius 1 is 0.970 bits per heavy atom. The van der Waals surface area contributed by atoms with Gasteiger partial charge in [0, 0.05) is 37.1 Å². The van der Waals surface area contributed by atoms with Gasteiger partial charge in [0.05, 0.1) is 11.1 Å². The van der Waals surface area contributed by atoms with Gasteiger partial charge in [-0.3, -0.25) is 0 Å². The van der Waals surface area contributed by atoms with Gasteiger partial charge < -0.3 is 24.4 Å². The number of carbonyl (C=O) groups is 3. The Bertz CT molecular complexity index is 1250. The van der Waals surface area contributed by atoms with E-state index in [9.17, 15) is 24.6 Å². The lowest BCUT2D eigenvalue weighted by atomic mass is 9.92. The first-order chi connectivity index (χ1) is 15.8. The van der Waals surface area contributed by atoms with Gasteiger partial charge in [-0.2, -0.15) is 0 Å². The van der Waals surface area contributed by atoms with Crippen LogP contribution in [0.2, 0.25) is 0 Å². The summed E-state index contributed by atoms with van der Waals surface area (Å²) in [5.74, 6) is -2.18. The molecule has 8 heteroatoms. The van der Waals surface area contributed by atoms with Crippen LogP contribution in [0, 0.1) is 6.92 Å². The minimum atomic E-state index is -1.12. The Labute approximate surface area is 190 Å². The number of hydrogen-bond acceptors (Lipinski definition) is 4. The first-order valence-electron chi connectivity index (χ1n) is 10.5. The molecule has 0 radical (unpaired) electrons. The topological polar surface area (TPSA) is 109 Å². The van der Waals surface area contributed by atoms with Crippen LogP contribution in [-0.2, 0) is 31.4 Å². The Morgan fingerprint density at radius 3 is 2.30 bits per heavy atom. The van der Waals surface area contributed by atoms with Crippen LogP contribution in [0.3, 0.4) is 0 Å². The minimum Gasteiger partial charge on any atom is -0.478 e. The number of carboxylic acid groups (broad SMARTS) is 2. The summed E-state index contributed by atoms with van der Waals surface area (Å²) < 4.78 is 7.11. The number of carbonyl (C=O) groups excluding carboxylic acids is 1. The number of rotatable bonds is 5. The second kappa shape index (κ2) is 8.82. The lowest BCUT2D eigenvalue weighted by molar-refractivity contribution is 0.0686. The Kier molecular flexibility index (Phi) is 5.91. The molecule has 1 aliphatic heterocycles. The smallest absolute Gasteiger partial charge is 0.410 e. The Hall–Kier alpha value is -4.07. The maximum absolute atomic E-state index is 12.6. The van der Waals surface area contributed by atoms with E-state index in [4.69, 9.17) is 4.74 Å². The van der Waals surface area contributed by atoms with Crippen molar-refractivity contribution in [2.24, 2.45) is 7.05 Å². The minimum absolute atomic E-state index is 0.0609. The number of aromatic carboxylic acids is 2. The van der Waals surface area contributed by atoms with E-state index in [2.05, 4.69) is 0 Å². The number of hydrogen-bond donors (Lipinski definition) is 2. The molecule has 0 spiro atoms. The van der Waals surface area contributed by atoms with Gasteiger partial charge in [0.2, 0.25) is 0 Å². The fourth-order valence-electron chi connectivity index (χ4n) is 4.14. The molecule has 0 aliphatic carbocycles. The number of amides is 1. The summed E-state index contributed by atoms with van der Waals surface area (Å²) in [5, 5.41) is 19.3. The van der Waals surface area contributed by atoms with E-state index in [-0.39, 0.29) is 24.3 Å². The highest BCUT2D eigenvalue weighted by Crippen LogP contribution is 2.33. The average molecular weight is 448 g/mol. The van der Waals surface area contributed by atoms with Crippen molar-refractivity contribution in [3.05, 3.63) is 82.0 Å². The average Bonchev–Trinajstić information content (AvgIpc) is 3.11. The van der Waals surface area contributed by atoms with E-state index in [0.29, 0.717) is 29.9 Å². The summed E-state index contributed by atoms with van der Waals surface area (Å²) in [7, 11) is 1.71. The maximum Gasteiger partial charge on any atom is 0.410 e. The fraction of sp³-hybridized carbons (Fsp3) is 0.240. The first-order valence-corrected chi connectivity index (χ1v) is 10.5. The van der Waals surface area contributed by atoms with E-state index >= 15 is 0 Å². The van der Waals surface area contributed by atoms with Gasteiger partial charge in [-0.25, -0.2) is 14.4 Å². The normalized spacial score (nSPS) is 12.8. The van der Waals surface area contributed by atoms with Crippen LogP contribution >= 0.6 is 0 Å². The SMILES string of the molecule is Cc1c(C(=O)O)cc(-c2cc3c(cc2C(=O)O)CN(C(=O)OCc2ccccc2)CC3)n1C. The summed E-state index contributed by atoms with van der Waals surface area (Å²) >= 11 is 0. The highest BCUT2D eigenvalue weighted by molar-refractivity contribution is 5.98. The fourth-order valence-corrected chi connectivity index (χ4v) is 4.14. The molecule has 2 N–H and O–H groups in total. The molecule has 2 aromatic carbocycles. The number of fused-ring (bicyclic) bond motifs is 1. The van der Waals surface area contributed by atoms with Crippen LogP contribution in [0.25, 0.3) is 11.3 Å². The van der Waals surface area contributed by atoms with Crippen molar-refractivity contribution in [2.45, 2.75) is 26.5 Å². The highest BCUT2D eigenvalue weighted by Gasteiger charge is 2.26. The molecule has 0 saturated carbocycles. The zero-order valence-corrected chi connectivity index (χ0v) is 18.4. The van der Waals surface area contributed by atoms with Crippen LogP contribution in [0.15, 0.2) is 48.5 Å². The third kappa shape index (κ3) is 4.32. The van der Waals surface area contributed by atoms with Gasteiger partial charge in [0.15, 0.2) is 0 Å². The molecule has 0 bridgehead atoms. The second-order valence-corrected chi connectivity index (χ2v) is 8.08. The molecule has 0 atom stereocenters. The molecule has 33 heavy (non-hydrogen) atoms. The van der Waals surface area contributed by atoms with Crippen LogP contribution in [0.4, 0.5) is 4.79 Å². The summed E-state index contributed by atoms with van der Waals surface area (Å²) in [6.07, 6.45) is 0.0901. The lowest BCUT2D eigenvalue weighted by Crippen LogP contribution is -2.36. The number of carboxylic acids is 2. The van der Waals surface area contributed by atoms with Crippen molar-refractivity contribution >= 4 is 18.0 Å². The maximum atomic E-state index is 12.6. The van der Waals surface area contributed by atoms with E-state index < -0.39 is 18.0 Å². The van der Waals surface area contributed by atoms with Crippen molar-refractivity contribution in [2.75, 3.05) is 6.54 Å². The summed E-state index contributed by atoms with van der Waals surface area (Å²) in [5.41, 5.74) is 4.27. The van der Waals surface area contributed by atoms with Gasteiger partial charge in [-0.05, 0) is 48.2 Å². The molecular weight excluding hydrogens is 424 g/mol. The summed E-state index contributed by atoms with van der Waals surface area (Å²) in [4.78, 5) is 37.7. The molecule has 170 valence electrons. The molecule has 1 aromatic heterocycles. The largest absolute Gasteiger partial charge is 0.478 e. The molecule has 1 aliphatic rings. The van der Waals surface area contributed by atoms with Gasteiger partial charge in [-0.15, -0.1) is 0 Å². The highest BCUT2D eigenvalue weighted by atomic mass is 16.6. The van der Waals surface area contributed by atoms with Gasteiger partial charge in [0.25, 0.3) is 0 Å². The van der Waals surface area contributed by atoms with Gasteiger partial charge in [0.1, 0.15) is 6.61 Å². The van der Waals surface area contributed by atoms with Crippen molar-refractivity contribution < 1.29 is 29.3 Å². The summed E-state index contributed by atoms with van der Waals surface area (Å²) in [6.45, 7) is 2.54. The van der Waals surface area contributed by atoms with Gasteiger partial charge >= 0.3 is 18.0 Å². The van der Waals surface area contributed by atoms with E-state index in [1.807, 2.05) is 30.3 Å². The van der Waals surface area contributed by atoms with Crippen molar-refractivity contribution in [1.29, 1.82) is 0 Å². The number of aromatic nitrogens is 1. The molecule has 8 nitrogen and oxygen atoms in total. The van der Waals surface area contributed by atoms with E-state index in [1.54, 1.807) is 35.6 Å². The van der Waals surface area contributed by atoms with Crippen LogP contribution in [-0.4, -0.2) is 44.3 Å². The van der Waals surface area contributed by atoms with Gasteiger partial charge in [-0.1, -0.05) is 30.3 Å². The van der Waals surface area contributed by atoms with E-state index in [1.165, 1.54) is 6.07 Å². The molecule has 2 heterocycles. The quantitative estimate of drug-likeness (QED) is 0.609. The Morgan fingerprint density at radius 2 is 1.67 bits per heavy atom. The molecule has 4 rings (SSSR count). The zero-order chi connectivity index (χ0) is 23.7. The zero-order valence-electron chi connectivity index (χ0n) is 18.4. The van der Waals surface area contributed by atoms with Crippen molar-refractivity contribution in [3.63, 3.8) is 0 Å². The second-order valence-electron chi connectivity index (χ2n) is 8.08. The van der Waals surface area contributed by atoms with Crippen molar-refractivity contribution in [1.82, 2.24) is 9.47 Å². The van der Waals surface area contributed by atoms with E-state index in [0.717, 1.165) is 16.7 Å². The molecule has 1 amide bonds. The third-order valence-electron chi connectivity index (χ3n) is 6.09. The molecule has 0 fully saturated rings. The van der Waals surface area contributed by atoms with Crippen molar-refractivity contribution in [3.8, 4) is 11.3 Å². The standard InChI is InChI=1S/C25H24N2O6/c1-15-19(23(28)29)12-22(26(15)2)20-10-17-8-9-27(13-18(17)11-21(20)24(30)31)25(32)33-14-16-6-4-3-5-7-16/h3-7,10-12H,8-9,13-14H2,1-2H3,(H,28,29)(H,30,31). The molecular formula is C25H24N2O6. The summed E-state index contributed by atoms with van der Waals surface area (Å²) in [6, 6.07) is 14.3. The third-order valence-corrected chi connectivity index (χ3v) is 6.09. The first kappa shape index (κ1) is 22.1. The van der Waals surface area contributed by atoms with Crippen LogP contribution in [0.5, 0.6) is 0 Å². The van der Waals surface area contributed by atoms with Crippen LogP contribution < -0.4 is 0 Å². The Balaban J connectivity index is 1.61. The monoisotopic (exact) mass is 448 g/mol. The van der Waals surface area contributed by atoms with Crippen LogP contribution in [0.1, 0.15) is 43.1 Å². The predicted molar refractivity (Wildman–Crippen MR) is 120 cm³/mol. The lowest BCUT2D eigenvalue weighted by Gasteiger charge is -2.29. The molecule has 0 saturated heterocycles. The molecule has 3 aromatic rings. The molecule has 0 unspecified atom stereocenters. The predicted octanol–water partition coefficient (Wildman–Crippen LogP) is 4.09. The number of ether oxygens (including phenoxy) is 1.